The Morgan fingerprint density at radius 1 is 1.27 bits per heavy atom. The molecule has 3 heterocycles. The molecule has 3 fully saturated rings. The van der Waals surface area contributed by atoms with Gasteiger partial charge < -0.3 is 25.4 Å². The molecule has 3 saturated heterocycles. The van der Waals surface area contributed by atoms with Crippen LogP contribution >= 0.6 is 0 Å². The summed E-state index contributed by atoms with van der Waals surface area (Å²) in [7, 11) is 1.57. The zero-order valence-corrected chi connectivity index (χ0v) is 19.2. The second kappa shape index (κ2) is 7.48. The van der Waals surface area contributed by atoms with Gasteiger partial charge in [-0.2, -0.15) is 0 Å². The standard InChI is InChI=1S/C22H37N3O5/c1-8-21-9-10-22(30-21)15(14(21)17(27)23-7)19(29)25(13(11-26)12(2)3)16(22)18(28)24-20(4,5)6/h12-16,26H,8-11H2,1-7H3,(H,23,27)(H,24,28)/t13-,14+,15-,16?,21-,22?/m0/s1. The van der Waals surface area contributed by atoms with Gasteiger partial charge in [0.15, 0.2) is 0 Å². The summed E-state index contributed by atoms with van der Waals surface area (Å²) in [6.45, 7) is 11.2. The van der Waals surface area contributed by atoms with Crippen molar-refractivity contribution in [3.8, 4) is 0 Å². The minimum atomic E-state index is -1.05. The Morgan fingerprint density at radius 3 is 2.37 bits per heavy atom. The highest BCUT2D eigenvalue weighted by Gasteiger charge is 2.79. The molecule has 3 aliphatic rings. The van der Waals surface area contributed by atoms with Crippen molar-refractivity contribution in [3.63, 3.8) is 0 Å². The van der Waals surface area contributed by atoms with Gasteiger partial charge in [-0.1, -0.05) is 20.8 Å². The Hall–Kier alpha value is -1.67. The predicted octanol–water partition coefficient (Wildman–Crippen LogP) is 0.819. The maximum Gasteiger partial charge on any atom is 0.246 e. The van der Waals surface area contributed by atoms with Crippen LogP contribution < -0.4 is 10.6 Å². The number of amides is 3. The number of fused-ring (bicyclic) bond motifs is 1. The van der Waals surface area contributed by atoms with Crippen LogP contribution in [0.2, 0.25) is 0 Å². The van der Waals surface area contributed by atoms with E-state index in [-0.39, 0.29) is 30.2 Å². The molecule has 0 aliphatic carbocycles. The van der Waals surface area contributed by atoms with E-state index in [1.54, 1.807) is 7.05 Å². The lowest BCUT2D eigenvalue weighted by Crippen LogP contribution is -2.61. The van der Waals surface area contributed by atoms with Gasteiger partial charge in [-0.25, -0.2) is 0 Å². The number of ether oxygens (including phenoxy) is 1. The quantitative estimate of drug-likeness (QED) is 0.586. The number of carbonyl (C=O) groups excluding carboxylic acids is 3. The van der Waals surface area contributed by atoms with Crippen molar-refractivity contribution in [2.24, 2.45) is 17.8 Å². The van der Waals surface area contributed by atoms with E-state index in [2.05, 4.69) is 10.6 Å². The number of rotatable bonds is 6. The highest BCUT2D eigenvalue weighted by Crippen LogP contribution is 2.64. The first-order valence-corrected chi connectivity index (χ1v) is 11.1. The van der Waals surface area contributed by atoms with Crippen molar-refractivity contribution >= 4 is 17.7 Å². The number of nitrogens with one attached hydrogen (secondary N) is 2. The van der Waals surface area contributed by atoms with E-state index in [0.29, 0.717) is 19.3 Å². The van der Waals surface area contributed by atoms with E-state index >= 15 is 0 Å². The van der Waals surface area contributed by atoms with Crippen LogP contribution in [0, 0.1) is 17.8 Å². The molecule has 3 rings (SSSR count). The molecule has 0 saturated carbocycles. The van der Waals surface area contributed by atoms with E-state index in [4.69, 9.17) is 4.74 Å². The summed E-state index contributed by atoms with van der Waals surface area (Å²) in [5.41, 5.74) is -2.28. The molecule has 3 aliphatic heterocycles. The highest BCUT2D eigenvalue weighted by atomic mass is 16.5. The van der Waals surface area contributed by atoms with E-state index in [1.807, 2.05) is 41.5 Å². The average molecular weight is 424 g/mol. The largest absolute Gasteiger partial charge is 0.394 e. The lowest BCUT2D eigenvalue weighted by atomic mass is 9.65. The number of aliphatic hydroxyl groups is 1. The Labute approximate surface area is 179 Å². The van der Waals surface area contributed by atoms with Crippen molar-refractivity contribution < 1.29 is 24.2 Å². The van der Waals surface area contributed by atoms with Gasteiger partial charge in [0.2, 0.25) is 17.7 Å². The van der Waals surface area contributed by atoms with Crippen LogP contribution in [0.15, 0.2) is 0 Å². The van der Waals surface area contributed by atoms with Gasteiger partial charge >= 0.3 is 0 Å². The zero-order chi connectivity index (χ0) is 22.6. The highest BCUT2D eigenvalue weighted by molar-refractivity contribution is 5.99. The number of aliphatic hydroxyl groups excluding tert-OH is 1. The van der Waals surface area contributed by atoms with Crippen molar-refractivity contribution in [1.29, 1.82) is 0 Å². The summed E-state index contributed by atoms with van der Waals surface area (Å²) >= 11 is 0. The molecule has 30 heavy (non-hydrogen) atoms. The molecule has 3 N–H and O–H groups in total. The summed E-state index contributed by atoms with van der Waals surface area (Å²) < 4.78 is 6.61. The number of carbonyl (C=O) groups is 3. The molecule has 0 aromatic heterocycles. The van der Waals surface area contributed by atoms with Crippen molar-refractivity contribution in [3.05, 3.63) is 0 Å². The normalized spacial score (nSPS) is 36.2. The Bertz CT molecular complexity index is 733. The first-order chi connectivity index (χ1) is 13.9. The third kappa shape index (κ3) is 3.14. The summed E-state index contributed by atoms with van der Waals surface area (Å²) in [4.78, 5) is 41.8. The van der Waals surface area contributed by atoms with Crippen molar-refractivity contribution in [2.45, 2.75) is 89.6 Å². The molecular weight excluding hydrogens is 386 g/mol. The molecule has 0 aromatic carbocycles. The van der Waals surface area contributed by atoms with E-state index in [9.17, 15) is 19.5 Å². The summed E-state index contributed by atoms with van der Waals surface area (Å²) in [6.07, 6.45) is 1.77. The lowest BCUT2D eigenvalue weighted by Gasteiger charge is -2.39. The van der Waals surface area contributed by atoms with Crippen LogP contribution in [-0.2, 0) is 19.1 Å². The molecule has 1 spiro atoms. The molecular formula is C22H37N3O5. The van der Waals surface area contributed by atoms with Gasteiger partial charge in [-0.15, -0.1) is 0 Å². The van der Waals surface area contributed by atoms with E-state index < -0.39 is 40.7 Å². The van der Waals surface area contributed by atoms with Crippen LogP contribution in [0.4, 0.5) is 0 Å². The SMILES string of the molecule is CC[C@@]12CCC3(O1)C(C(=O)NC(C)(C)C)N([C@@H](CO)C(C)C)C(=O)[C@@H]3[C@@H]2C(=O)NC. The average Bonchev–Trinajstić information content (AvgIpc) is 3.24. The minimum Gasteiger partial charge on any atom is -0.394 e. The van der Waals surface area contributed by atoms with Gasteiger partial charge in [0.05, 0.1) is 30.1 Å². The van der Waals surface area contributed by atoms with Gasteiger partial charge in [-0.05, 0) is 46.0 Å². The van der Waals surface area contributed by atoms with Crippen molar-refractivity contribution in [2.75, 3.05) is 13.7 Å². The molecule has 8 heteroatoms. The number of hydrogen-bond acceptors (Lipinski definition) is 5. The Balaban J connectivity index is 2.16. The maximum atomic E-state index is 13.8. The van der Waals surface area contributed by atoms with Gasteiger partial charge in [0, 0.05) is 12.6 Å². The zero-order valence-electron chi connectivity index (χ0n) is 19.2. The van der Waals surface area contributed by atoms with E-state index in [1.165, 1.54) is 4.90 Å². The van der Waals surface area contributed by atoms with Crippen LogP contribution in [0.3, 0.4) is 0 Å². The number of nitrogens with zero attached hydrogens (tertiary/aromatic N) is 1. The smallest absolute Gasteiger partial charge is 0.246 e. The fourth-order valence-electron chi connectivity index (χ4n) is 5.92. The van der Waals surface area contributed by atoms with Gasteiger partial charge in [0.25, 0.3) is 0 Å². The Morgan fingerprint density at radius 2 is 1.90 bits per heavy atom. The predicted molar refractivity (Wildman–Crippen MR) is 111 cm³/mol. The third-order valence-corrected chi connectivity index (χ3v) is 7.21. The summed E-state index contributed by atoms with van der Waals surface area (Å²) in [5.74, 6) is -2.21. The third-order valence-electron chi connectivity index (χ3n) is 7.21. The van der Waals surface area contributed by atoms with Crippen LogP contribution in [0.1, 0.15) is 60.8 Å². The number of hydrogen-bond donors (Lipinski definition) is 3. The maximum absolute atomic E-state index is 13.8. The molecule has 170 valence electrons. The van der Waals surface area contributed by atoms with Crippen LogP contribution in [0.25, 0.3) is 0 Å². The number of likely N-dealkylation sites (tertiary alicyclic amines) is 1. The molecule has 2 bridgehead atoms. The lowest BCUT2D eigenvalue weighted by molar-refractivity contribution is -0.152. The minimum absolute atomic E-state index is 0.0603. The molecule has 0 aromatic rings. The van der Waals surface area contributed by atoms with E-state index in [0.717, 1.165) is 0 Å². The van der Waals surface area contributed by atoms with Crippen LogP contribution in [0.5, 0.6) is 0 Å². The molecule has 2 unspecified atom stereocenters. The first-order valence-electron chi connectivity index (χ1n) is 11.1. The molecule has 0 radical (unpaired) electrons. The van der Waals surface area contributed by atoms with Gasteiger partial charge in [0.1, 0.15) is 11.6 Å². The summed E-state index contributed by atoms with van der Waals surface area (Å²) in [6, 6.07) is -1.41. The second-order valence-electron chi connectivity index (χ2n) is 10.4. The molecule has 3 amide bonds. The fourth-order valence-corrected chi connectivity index (χ4v) is 5.92. The molecule has 8 nitrogen and oxygen atoms in total. The Kier molecular flexibility index (Phi) is 5.74. The second-order valence-corrected chi connectivity index (χ2v) is 10.4. The summed E-state index contributed by atoms with van der Waals surface area (Å²) in [5, 5.41) is 15.8. The molecule has 6 atom stereocenters. The van der Waals surface area contributed by atoms with Gasteiger partial charge in [-0.3, -0.25) is 14.4 Å². The fraction of sp³-hybridized carbons (Fsp3) is 0.864. The topological polar surface area (TPSA) is 108 Å². The van der Waals surface area contributed by atoms with Crippen LogP contribution in [-0.4, -0.2) is 70.2 Å². The van der Waals surface area contributed by atoms with Crippen molar-refractivity contribution in [1.82, 2.24) is 15.5 Å². The first kappa shape index (κ1) is 23.0. The monoisotopic (exact) mass is 423 g/mol.